The molecule has 1 heterocycles. The summed E-state index contributed by atoms with van der Waals surface area (Å²) in [5, 5.41) is 12.0. The zero-order chi connectivity index (χ0) is 14.5. The Morgan fingerprint density at radius 3 is 3.00 bits per heavy atom. The van der Waals surface area contributed by atoms with Crippen molar-refractivity contribution in [2.24, 2.45) is 0 Å². The maximum Gasteiger partial charge on any atom is 0.234 e. The zero-order valence-corrected chi connectivity index (χ0v) is 12.8. The number of nitrogens with one attached hydrogen (secondary N) is 1. The van der Waals surface area contributed by atoms with Crippen LogP contribution in [0.5, 0.6) is 0 Å². The topological polar surface area (TPSA) is 59.8 Å². The Morgan fingerprint density at radius 2 is 2.30 bits per heavy atom. The summed E-state index contributed by atoms with van der Waals surface area (Å²) in [4.78, 5) is 11.9. The minimum atomic E-state index is -0.101. The second kappa shape index (κ2) is 6.76. The fourth-order valence-corrected chi connectivity index (χ4v) is 2.62. The highest BCUT2D eigenvalue weighted by Crippen LogP contribution is 2.19. The van der Waals surface area contributed by atoms with Crippen molar-refractivity contribution in [3.8, 4) is 0 Å². The van der Waals surface area contributed by atoms with E-state index in [0.717, 1.165) is 5.16 Å². The number of rotatable bonds is 5. The van der Waals surface area contributed by atoms with Crippen LogP contribution < -0.4 is 5.32 Å². The fourth-order valence-electron chi connectivity index (χ4n) is 1.58. The average Bonchev–Trinajstić information content (AvgIpc) is 2.85. The van der Waals surface area contributed by atoms with E-state index in [2.05, 4.69) is 15.5 Å². The number of halogens is 1. The molecule has 1 amide bonds. The lowest BCUT2D eigenvalue weighted by atomic mass is 10.3. The van der Waals surface area contributed by atoms with E-state index in [-0.39, 0.29) is 17.7 Å². The maximum absolute atomic E-state index is 11.9. The highest BCUT2D eigenvalue weighted by atomic mass is 35.5. The van der Waals surface area contributed by atoms with E-state index >= 15 is 0 Å². The molecule has 0 spiro atoms. The number of aromatic nitrogens is 3. The van der Waals surface area contributed by atoms with Gasteiger partial charge in [-0.05, 0) is 32.0 Å². The monoisotopic (exact) mass is 310 g/mol. The van der Waals surface area contributed by atoms with Crippen molar-refractivity contribution >= 4 is 35.0 Å². The van der Waals surface area contributed by atoms with E-state index in [1.54, 1.807) is 30.6 Å². The molecule has 106 valence electrons. The Kier molecular flexibility index (Phi) is 5.03. The molecular weight excluding hydrogens is 296 g/mol. The second-order valence-corrected chi connectivity index (χ2v) is 5.84. The summed E-state index contributed by atoms with van der Waals surface area (Å²) in [6.45, 7) is 4.08. The van der Waals surface area contributed by atoms with Gasteiger partial charge in [-0.2, -0.15) is 0 Å². The van der Waals surface area contributed by atoms with E-state index in [1.807, 2.05) is 18.4 Å². The average molecular weight is 311 g/mol. The quantitative estimate of drug-likeness (QED) is 0.861. The van der Waals surface area contributed by atoms with Crippen molar-refractivity contribution in [1.29, 1.82) is 0 Å². The summed E-state index contributed by atoms with van der Waals surface area (Å²) in [5.41, 5.74) is 0.688. The molecule has 7 heteroatoms. The first-order valence-corrected chi connectivity index (χ1v) is 7.50. The van der Waals surface area contributed by atoms with Crippen LogP contribution in [-0.2, 0) is 4.79 Å². The van der Waals surface area contributed by atoms with Crippen molar-refractivity contribution in [3.05, 3.63) is 35.6 Å². The van der Waals surface area contributed by atoms with Gasteiger partial charge < -0.3 is 9.88 Å². The van der Waals surface area contributed by atoms with Gasteiger partial charge >= 0.3 is 0 Å². The molecule has 0 aliphatic rings. The maximum atomic E-state index is 11.9. The van der Waals surface area contributed by atoms with Crippen molar-refractivity contribution in [2.45, 2.75) is 25.0 Å². The van der Waals surface area contributed by atoms with E-state index in [4.69, 9.17) is 11.6 Å². The third-order valence-electron chi connectivity index (χ3n) is 2.54. The number of amides is 1. The van der Waals surface area contributed by atoms with E-state index in [9.17, 15) is 4.79 Å². The Labute approximate surface area is 126 Å². The molecular formula is C13H15ClN4OS. The number of anilines is 1. The lowest BCUT2D eigenvalue weighted by Gasteiger charge is -2.09. The van der Waals surface area contributed by atoms with Crippen LogP contribution in [0.4, 0.5) is 5.69 Å². The van der Waals surface area contributed by atoms with Crippen LogP contribution in [0.15, 0.2) is 35.7 Å². The number of nitrogens with zero attached hydrogens (tertiary/aromatic N) is 3. The van der Waals surface area contributed by atoms with Crippen molar-refractivity contribution in [2.75, 3.05) is 11.1 Å². The van der Waals surface area contributed by atoms with Crippen LogP contribution in [-0.4, -0.2) is 26.4 Å². The second-order valence-electron chi connectivity index (χ2n) is 4.46. The van der Waals surface area contributed by atoms with Gasteiger partial charge in [0.2, 0.25) is 5.91 Å². The van der Waals surface area contributed by atoms with Crippen molar-refractivity contribution in [1.82, 2.24) is 14.8 Å². The molecule has 0 fully saturated rings. The molecule has 0 radical (unpaired) electrons. The SMILES string of the molecule is CC(C)n1cnnc1SCC(=O)Nc1cccc(Cl)c1. The molecule has 1 N–H and O–H groups in total. The molecule has 1 aromatic heterocycles. The molecule has 2 aromatic rings. The van der Waals surface area contributed by atoms with Gasteiger partial charge in [0, 0.05) is 16.8 Å². The minimum Gasteiger partial charge on any atom is -0.325 e. The largest absolute Gasteiger partial charge is 0.325 e. The van der Waals surface area contributed by atoms with Gasteiger partial charge in [-0.3, -0.25) is 4.79 Å². The van der Waals surface area contributed by atoms with E-state index < -0.39 is 0 Å². The molecule has 0 unspecified atom stereocenters. The fraction of sp³-hybridized carbons (Fsp3) is 0.308. The van der Waals surface area contributed by atoms with Crippen molar-refractivity contribution in [3.63, 3.8) is 0 Å². The lowest BCUT2D eigenvalue weighted by molar-refractivity contribution is -0.113. The van der Waals surface area contributed by atoms with Gasteiger partial charge in [0.1, 0.15) is 6.33 Å². The minimum absolute atomic E-state index is 0.101. The number of benzene rings is 1. The summed E-state index contributed by atoms with van der Waals surface area (Å²) in [6, 6.07) is 7.33. The van der Waals surface area contributed by atoms with Crippen LogP contribution in [0.3, 0.4) is 0 Å². The predicted molar refractivity (Wildman–Crippen MR) is 81.2 cm³/mol. The first-order valence-electron chi connectivity index (χ1n) is 6.14. The number of hydrogen-bond acceptors (Lipinski definition) is 4. The molecule has 0 aliphatic heterocycles. The summed E-state index contributed by atoms with van der Waals surface area (Å²) in [5.74, 6) is 0.174. The van der Waals surface area contributed by atoms with Gasteiger partial charge in [0.15, 0.2) is 5.16 Å². The molecule has 1 aromatic carbocycles. The number of hydrogen-bond donors (Lipinski definition) is 1. The standard InChI is InChI=1S/C13H15ClN4OS/c1-9(2)18-8-15-17-13(18)20-7-12(19)16-11-5-3-4-10(14)6-11/h3-6,8-9H,7H2,1-2H3,(H,16,19). The molecule has 2 rings (SSSR count). The molecule has 0 saturated carbocycles. The third-order valence-corrected chi connectivity index (χ3v) is 3.73. The Hall–Kier alpha value is -1.53. The number of carbonyl (C=O) groups excluding carboxylic acids is 1. The molecule has 20 heavy (non-hydrogen) atoms. The highest BCUT2D eigenvalue weighted by molar-refractivity contribution is 7.99. The van der Waals surface area contributed by atoms with E-state index in [0.29, 0.717) is 10.7 Å². The Morgan fingerprint density at radius 1 is 1.50 bits per heavy atom. The van der Waals surface area contributed by atoms with Gasteiger partial charge in [-0.1, -0.05) is 29.4 Å². The van der Waals surface area contributed by atoms with Gasteiger partial charge in [-0.25, -0.2) is 0 Å². The molecule has 0 bridgehead atoms. The number of thioether (sulfide) groups is 1. The Balaban J connectivity index is 1.91. The van der Waals surface area contributed by atoms with Crippen LogP contribution >= 0.6 is 23.4 Å². The first kappa shape index (κ1) is 14.9. The van der Waals surface area contributed by atoms with Crippen LogP contribution in [0.2, 0.25) is 5.02 Å². The normalized spacial score (nSPS) is 10.8. The molecule has 0 atom stereocenters. The van der Waals surface area contributed by atoms with Gasteiger partial charge in [0.05, 0.1) is 5.75 Å². The van der Waals surface area contributed by atoms with Gasteiger partial charge in [0.25, 0.3) is 0 Å². The first-order chi connectivity index (χ1) is 9.56. The summed E-state index contributed by atoms with van der Waals surface area (Å²) >= 11 is 7.22. The summed E-state index contributed by atoms with van der Waals surface area (Å²) in [7, 11) is 0. The van der Waals surface area contributed by atoms with E-state index in [1.165, 1.54) is 11.8 Å². The molecule has 0 aliphatic carbocycles. The van der Waals surface area contributed by atoms with Crippen LogP contribution in [0.1, 0.15) is 19.9 Å². The summed E-state index contributed by atoms with van der Waals surface area (Å²) < 4.78 is 1.93. The molecule has 0 saturated heterocycles. The predicted octanol–water partition coefficient (Wildman–Crippen LogP) is 3.24. The Bertz CT molecular complexity index is 600. The third kappa shape index (κ3) is 3.98. The lowest BCUT2D eigenvalue weighted by Crippen LogP contribution is -2.14. The van der Waals surface area contributed by atoms with Gasteiger partial charge in [-0.15, -0.1) is 10.2 Å². The van der Waals surface area contributed by atoms with Crippen LogP contribution in [0.25, 0.3) is 0 Å². The highest BCUT2D eigenvalue weighted by Gasteiger charge is 2.10. The van der Waals surface area contributed by atoms with Crippen LogP contribution in [0, 0.1) is 0 Å². The smallest absolute Gasteiger partial charge is 0.234 e. The number of carbonyl (C=O) groups is 1. The molecule has 5 nitrogen and oxygen atoms in total. The zero-order valence-electron chi connectivity index (χ0n) is 11.2. The van der Waals surface area contributed by atoms with Crippen molar-refractivity contribution < 1.29 is 4.79 Å². The summed E-state index contributed by atoms with van der Waals surface area (Å²) in [6.07, 6.45) is 1.67.